The van der Waals surface area contributed by atoms with E-state index in [1.54, 1.807) is 13.2 Å². The van der Waals surface area contributed by atoms with Crippen LogP contribution in [0.1, 0.15) is 6.42 Å². The number of rotatable bonds is 9. The highest BCUT2D eigenvalue weighted by Gasteiger charge is 2.03. The molecule has 0 saturated heterocycles. The van der Waals surface area contributed by atoms with Crippen molar-refractivity contribution in [3.05, 3.63) is 24.0 Å². The molecule has 0 aliphatic rings. The van der Waals surface area contributed by atoms with Crippen LogP contribution in [0.15, 0.2) is 18.2 Å². The van der Waals surface area contributed by atoms with E-state index in [4.69, 9.17) is 14.2 Å². The van der Waals surface area contributed by atoms with Crippen LogP contribution in [0.3, 0.4) is 0 Å². The molecule has 0 amide bonds. The van der Waals surface area contributed by atoms with Crippen LogP contribution in [0.4, 0.5) is 10.1 Å². The highest BCUT2D eigenvalue weighted by molar-refractivity contribution is 5.56. The molecular weight excluding hydrogens is 237 g/mol. The Balaban J connectivity index is 2.22. The summed E-state index contributed by atoms with van der Waals surface area (Å²) in [4.78, 5) is 0. The molecule has 0 radical (unpaired) electrons. The van der Waals surface area contributed by atoms with Gasteiger partial charge in [-0.25, -0.2) is 4.39 Å². The van der Waals surface area contributed by atoms with E-state index >= 15 is 0 Å². The SMILES string of the molecule is COCCOCCCNc1ccc(F)cc1OC. The fraction of sp³-hybridized carbons (Fsp3) is 0.538. The van der Waals surface area contributed by atoms with Gasteiger partial charge >= 0.3 is 0 Å². The smallest absolute Gasteiger partial charge is 0.144 e. The molecule has 0 aromatic heterocycles. The van der Waals surface area contributed by atoms with Gasteiger partial charge in [0.25, 0.3) is 0 Å². The fourth-order valence-electron chi connectivity index (χ4n) is 1.45. The van der Waals surface area contributed by atoms with Crippen molar-refractivity contribution in [1.29, 1.82) is 0 Å². The number of ether oxygens (including phenoxy) is 3. The molecule has 0 saturated carbocycles. The summed E-state index contributed by atoms with van der Waals surface area (Å²) in [5.41, 5.74) is 0.788. The summed E-state index contributed by atoms with van der Waals surface area (Å²) in [6, 6.07) is 4.43. The Morgan fingerprint density at radius 3 is 2.72 bits per heavy atom. The van der Waals surface area contributed by atoms with Crippen molar-refractivity contribution < 1.29 is 18.6 Å². The minimum atomic E-state index is -0.305. The van der Waals surface area contributed by atoms with Crippen LogP contribution >= 0.6 is 0 Å². The Hall–Kier alpha value is -1.33. The Labute approximate surface area is 107 Å². The predicted molar refractivity (Wildman–Crippen MR) is 68.8 cm³/mol. The number of hydrogen-bond acceptors (Lipinski definition) is 4. The van der Waals surface area contributed by atoms with Crippen molar-refractivity contribution in [1.82, 2.24) is 0 Å². The number of methoxy groups -OCH3 is 2. The zero-order valence-electron chi connectivity index (χ0n) is 10.9. The molecule has 0 heterocycles. The van der Waals surface area contributed by atoms with Gasteiger partial charge in [0.15, 0.2) is 0 Å². The normalized spacial score (nSPS) is 10.4. The average Bonchev–Trinajstić information content (AvgIpc) is 2.39. The molecule has 1 rings (SSSR count). The molecule has 0 unspecified atom stereocenters. The standard InChI is InChI=1S/C13H20FNO3/c1-16-8-9-18-7-3-6-15-12-5-4-11(14)10-13(12)17-2/h4-5,10,15H,3,6-9H2,1-2H3. The van der Waals surface area contributed by atoms with E-state index in [1.165, 1.54) is 19.2 Å². The lowest BCUT2D eigenvalue weighted by atomic mass is 10.2. The summed E-state index contributed by atoms with van der Waals surface area (Å²) in [6.45, 7) is 2.63. The number of halogens is 1. The zero-order valence-corrected chi connectivity index (χ0v) is 10.9. The average molecular weight is 257 g/mol. The molecule has 4 nitrogen and oxygen atoms in total. The van der Waals surface area contributed by atoms with Crippen LogP contribution < -0.4 is 10.1 Å². The maximum Gasteiger partial charge on any atom is 0.144 e. The van der Waals surface area contributed by atoms with Gasteiger partial charge in [0.2, 0.25) is 0 Å². The lowest BCUT2D eigenvalue weighted by Crippen LogP contribution is -2.09. The zero-order chi connectivity index (χ0) is 13.2. The topological polar surface area (TPSA) is 39.7 Å². The molecule has 1 aromatic rings. The van der Waals surface area contributed by atoms with E-state index in [-0.39, 0.29) is 5.82 Å². The molecule has 5 heteroatoms. The summed E-state index contributed by atoms with van der Waals surface area (Å²) in [7, 11) is 3.17. The van der Waals surface area contributed by atoms with E-state index in [0.717, 1.165) is 18.7 Å². The van der Waals surface area contributed by atoms with Crippen LogP contribution in [0.2, 0.25) is 0 Å². The highest BCUT2D eigenvalue weighted by Crippen LogP contribution is 2.24. The molecule has 102 valence electrons. The van der Waals surface area contributed by atoms with E-state index < -0.39 is 0 Å². The Kier molecular flexibility index (Phi) is 7.13. The lowest BCUT2D eigenvalue weighted by molar-refractivity contribution is 0.0705. The van der Waals surface area contributed by atoms with Gasteiger partial charge in [0.1, 0.15) is 11.6 Å². The van der Waals surface area contributed by atoms with Crippen molar-refractivity contribution in [2.24, 2.45) is 0 Å². The molecule has 0 fully saturated rings. The first-order chi connectivity index (χ1) is 8.77. The summed E-state index contributed by atoms with van der Waals surface area (Å²) in [5.74, 6) is 0.204. The molecular formula is C13H20FNO3. The molecule has 0 aliphatic carbocycles. The first kappa shape index (κ1) is 14.7. The molecule has 0 atom stereocenters. The van der Waals surface area contributed by atoms with Crippen molar-refractivity contribution in [2.75, 3.05) is 45.9 Å². The van der Waals surface area contributed by atoms with Crippen LogP contribution in [0.5, 0.6) is 5.75 Å². The minimum absolute atomic E-state index is 0.305. The third-order valence-corrected chi connectivity index (χ3v) is 2.38. The summed E-state index contributed by atoms with van der Waals surface area (Å²) in [5, 5.41) is 3.18. The van der Waals surface area contributed by atoms with Crippen LogP contribution in [-0.4, -0.2) is 40.6 Å². The van der Waals surface area contributed by atoms with E-state index in [9.17, 15) is 4.39 Å². The molecule has 1 N–H and O–H groups in total. The van der Waals surface area contributed by atoms with Crippen LogP contribution in [0, 0.1) is 5.82 Å². The second kappa shape index (κ2) is 8.72. The number of nitrogens with one attached hydrogen (secondary N) is 1. The maximum atomic E-state index is 13.0. The third kappa shape index (κ3) is 5.33. The van der Waals surface area contributed by atoms with E-state index in [1.807, 2.05) is 0 Å². The van der Waals surface area contributed by atoms with Gasteiger partial charge in [0, 0.05) is 26.3 Å². The van der Waals surface area contributed by atoms with Crippen molar-refractivity contribution >= 4 is 5.69 Å². The molecule has 1 aromatic carbocycles. The van der Waals surface area contributed by atoms with Crippen LogP contribution in [0.25, 0.3) is 0 Å². The largest absolute Gasteiger partial charge is 0.494 e. The minimum Gasteiger partial charge on any atom is -0.494 e. The van der Waals surface area contributed by atoms with Crippen molar-refractivity contribution in [2.45, 2.75) is 6.42 Å². The quantitative estimate of drug-likeness (QED) is 0.689. The predicted octanol–water partition coefficient (Wildman–Crippen LogP) is 2.30. The van der Waals surface area contributed by atoms with Crippen molar-refractivity contribution in [3.63, 3.8) is 0 Å². The van der Waals surface area contributed by atoms with E-state index in [0.29, 0.717) is 25.6 Å². The lowest BCUT2D eigenvalue weighted by Gasteiger charge is -2.11. The summed E-state index contributed by atoms with van der Waals surface area (Å²) in [6.07, 6.45) is 0.865. The number of benzene rings is 1. The van der Waals surface area contributed by atoms with Gasteiger partial charge in [-0.1, -0.05) is 0 Å². The van der Waals surface area contributed by atoms with Gasteiger partial charge in [-0.2, -0.15) is 0 Å². The molecule has 0 bridgehead atoms. The van der Waals surface area contributed by atoms with E-state index in [2.05, 4.69) is 5.32 Å². The molecule has 0 aliphatic heterocycles. The Bertz CT molecular complexity index is 347. The first-order valence-corrected chi connectivity index (χ1v) is 5.92. The molecule has 0 spiro atoms. The van der Waals surface area contributed by atoms with Gasteiger partial charge in [-0.05, 0) is 18.6 Å². The highest BCUT2D eigenvalue weighted by atomic mass is 19.1. The number of anilines is 1. The second-order valence-corrected chi connectivity index (χ2v) is 3.73. The second-order valence-electron chi connectivity index (χ2n) is 3.73. The molecule has 18 heavy (non-hydrogen) atoms. The fourth-order valence-corrected chi connectivity index (χ4v) is 1.45. The van der Waals surface area contributed by atoms with Crippen LogP contribution in [-0.2, 0) is 9.47 Å². The van der Waals surface area contributed by atoms with Gasteiger partial charge < -0.3 is 19.5 Å². The van der Waals surface area contributed by atoms with Gasteiger partial charge in [-0.15, -0.1) is 0 Å². The van der Waals surface area contributed by atoms with Gasteiger partial charge in [0.05, 0.1) is 26.0 Å². The Morgan fingerprint density at radius 2 is 2.00 bits per heavy atom. The first-order valence-electron chi connectivity index (χ1n) is 5.92. The maximum absolute atomic E-state index is 13.0. The Morgan fingerprint density at radius 1 is 1.17 bits per heavy atom. The van der Waals surface area contributed by atoms with Crippen molar-refractivity contribution in [3.8, 4) is 5.75 Å². The third-order valence-electron chi connectivity index (χ3n) is 2.38. The van der Waals surface area contributed by atoms with Gasteiger partial charge in [-0.3, -0.25) is 0 Å². The monoisotopic (exact) mass is 257 g/mol. The summed E-state index contributed by atoms with van der Waals surface area (Å²) >= 11 is 0. The summed E-state index contributed by atoms with van der Waals surface area (Å²) < 4.78 is 28.2. The number of hydrogen-bond donors (Lipinski definition) is 1.